The van der Waals surface area contributed by atoms with Crippen molar-refractivity contribution in [2.75, 3.05) is 25.5 Å². The second-order valence-electron chi connectivity index (χ2n) is 7.50. The number of phenolic OH excluding ortho intramolecular Hbond substituents is 1. The monoisotopic (exact) mass is 485 g/mol. The maximum atomic E-state index is 12.9. The minimum Gasteiger partial charge on any atom is -0.507 e. The number of anilines is 1. The van der Waals surface area contributed by atoms with Gasteiger partial charge in [-0.25, -0.2) is 4.98 Å². The normalized spacial score (nSPS) is 17.2. The largest absolute Gasteiger partial charge is 0.507 e. The van der Waals surface area contributed by atoms with Crippen LogP contribution in [0.25, 0.3) is 10.2 Å². The highest BCUT2D eigenvalue weighted by Crippen LogP contribution is 2.35. The van der Waals surface area contributed by atoms with Gasteiger partial charge in [0.15, 0.2) is 5.13 Å². The van der Waals surface area contributed by atoms with Crippen molar-refractivity contribution in [1.29, 1.82) is 0 Å². The van der Waals surface area contributed by atoms with Gasteiger partial charge in [0.25, 0.3) is 5.91 Å². The van der Waals surface area contributed by atoms with Crippen LogP contribution < -0.4 is 5.32 Å². The number of rotatable bonds is 5. The molecule has 1 atom stereocenters. The van der Waals surface area contributed by atoms with E-state index in [0.717, 1.165) is 36.4 Å². The van der Waals surface area contributed by atoms with E-state index in [9.17, 15) is 23.1 Å². The molecule has 1 unspecified atom stereocenters. The molecule has 6 nitrogen and oxygen atoms in total. The first-order valence-corrected chi connectivity index (χ1v) is 10.9. The molecule has 1 fully saturated rings. The predicted octanol–water partition coefficient (Wildman–Crippen LogP) is 5.15. The Morgan fingerprint density at radius 2 is 2.16 bits per heavy atom. The fourth-order valence-electron chi connectivity index (χ4n) is 3.64. The van der Waals surface area contributed by atoms with Crippen LogP contribution in [0, 0.1) is 0 Å². The third-order valence-electron chi connectivity index (χ3n) is 5.29. The van der Waals surface area contributed by atoms with Crippen molar-refractivity contribution < 1.29 is 27.8 Å². The van der Waals surface area contributed by atoms with Crippen molar-refractivity contribution in [3.63, 3.8) is 0 Å². The van der Waals surface area contributed by atoms with E-state index in [-0.39, 0.29) is 32.3 Å². The third-order valence-corrected chi connectivity index (χ3v) is 6.44. The third kappa shape index (κ3) is 4.83. The number of hydrogen-bond donors (Lipinski definition) is 2. The summed E-state index contributed by atoms with van der Waals surface area (Å²) >= 11 is 7.09. The summed E-state index contributed by atoms with van der Waals surface area (Å²) in [6.45, 7) is 1.89. The molecule has 170 valence electrons. The standard InChI is InChI=1S/C21H19ClF3N3O3S/c1-31-14-4-5-28(10-14)9-11-6-13(22)8-15(18(11)29)19(30)27-20-26-16-3-2-12(21(23,24)25)7-17(16)32-20/h2-3,6-8,14,29H,4-5,9-10H2,1H3,(H,26,27,30). The Balaban J connectivity index is 1.55. The molecule has 0 bridgehead atoms. The van der Waals surface area contributed by atoms with Crippen molar-refractivity contribution in [3.05, 3.63) is 52.0 Å². The zero-order valence-electron chi connectivity index (χ0n) is 16.9. The molecule has 4 rings (SSSR count). The molecule has 1 aliphatic heterocycles. The molecule has 1 aromatic heterocycles. The number of amides is 1. The van der Waals surface area contributed by atoms with Crippen LogP contribution in [0.4, 0.5) is 18.3 Å². The van der Waals surface area contributed by atoms with E-state index in [0.29, 0.717) is 24.2 Å². The van der Waals surface area contributed by atoms with E-state index in [1.807, 2.05) is 0 Å². The van der Waals surface area contributed by atoms with Crippen molar-refractivity contribution in [1.82, 2.24) is 9.88 Å². The summed E-state index contributed by atoms with van der Waals surface area (Å²) in [5.41, 5.74) is 0.000983. The van der Waals surface area contributed by atoms with Gasteiger partial charge in [-0.1, -0.05) is 22.9 Å². The Hall–Kier alpha value is -2.40. The van der Waals surface area contributed by atoms with E-state index < -0.39 is 17.6 Å². The number of carbonyl (C=O) groups excluding carboxylic acids is 1. The Morgan fingerprint density at radius 1 is 1.38 bits per heavy atom. The Morgan fingerprint density at radius 3 is 2.84 bits per heavy atom. The summed E-state index contributed by atoms with van der Waals surface area (Å²) in [4.78, 5) is 19.1. The zero-order chi connectivity index (χ0) is 23.0. The maximum absolute atomic E-state index is 12.9. The summed E-state index contributed by atoms with van der Waals surface area (Å²) < 4.78 is 44.4. The number of nitrogens with zero attached hydrogens (tertiary/aromatic N) is 2. The molecule has 32 heavy (non-hydrogen) atoms. The summed E-state index contributed by atoms with van der Waals surface area (Å²) in [5.74, 6) is -0.856. The van der Waals surface area contributed by atoms with Gasteiger partial charge in [0, 0.05) is 37.3 Å². The van der Waals surface area contributed by atoms with Crippen LogP contribution in [0.3, 0.4) is 0 Å². The minimum absolute atomic E-state index is 0.0368. The zero-order valence-corrected chi connectivity index (χ0v) is 18.4. The molecular formula is C21H19ClF3N3O3S. The van der Waals surface area contributed by atoms with Crippen LogP contribution in [-0.2, 0) is 17.5 Å². The number of likely N-dealkylation sites (tertiary alicyclic amines) is 1. The highest BCUT2D eigenvalue weighted by molar-refractivity contribution is 7.22. The molecule has 1 aliphatic rings. The highest BCUT2D eigenvalue weighted by atomic mass is 35.5. The first kappa shape index (κ1) is 22.8. The van der Waals surface area contributed by atoms with Gasteiger partial charge in [0.2, 0.25) is 0 Å². The van der Waals surface area contributed by atoms with Crippen molar-refractivity contribution in [3.8, 4) is 5.75 Å². The fraction of sp³-hybridized carbons (Fsp3) is 0.333. The van der Waals surface area contributed by atoms with Gasteiger partial charge in [0.1, 0.15) is 5.75 Å². The average Bonchev–Trinajstić information content (AvgIpc) is 3.35. The second-order valence-corrected chi connectivity index (χ2v) is 8.96. The minimum atomic E-state index is -4.47. The molecule has 0 radical (unpaired) electrons. The Labute approximate surface area is 190 Å². The smallest absolute Gasteiger partial charge is 0.416 e. The van der Waals surface area contributed by atoms with Crippen LogP contribution in [0.1, 0.15) is 27.9 Å². The van der Waals surface area contributed by atoms with Crippen molar-refractivity contribution >= 4 is 44.2 Å². The van der Waals surface area contributed by atoms with Gasteiger partial charge in [-0.3, -0.25) is 15.0 Å². The molecule has 2 aromatic carbocycles. The predicted molar refractivity (Wildman–Crippen MR) is 116 cm³/mol. The van der Waals surface area contributed by atoms with E-state index in [1.54, 1.807) is 13.2 Å². The van der Waals surface area contributed by atoms with E-state index >= 15 is 0 Å². The Kier molecular flexibility index (Phi) is 6.30. The van der Waals surface area contributed by atoms with Gasteiger partial charge in [-0.2, -0.15) is 13.2 Å². The lowest BCUT2D eigenvalue weighted by Crippen LogP contribution is -2.23. The first-order chi connectivity index (χ1) is 15.1. The number of carbonyl (C=O) groups is 1. The molecular weight excluding hydrogens is 467 g/mol. The fourth-order valence-corrected chi connectivity index (χ4v) is 4.78. The average molecular weight is 486 g/mol. The van der Waals surface area contributed by atoms with Crippen LogP contribution in [-0.4, -0.2) is 47.2 Å². The summed E-state index contributed by atoms with van der Waals surface area (Å²) in [6.07, 6.45) is -3.47. The molecule has 0 aliphatic carbocycles. The summed E-state index contributed by atoms with van der Waals surface area (Å²) in [7, 11) is 1.65. The maximum Gasteiger partial charge on any atom is 0.416 e. The molecule has 2 heterocycles. The number of phenols is 1. The number of ether oxygens (including phenoxy) is 1. The molecule has 0 saturated carbocycles. The number of fused-ring (bicyclic) bond motifs is 1. The SMILES string of the molecule is COC1CCN(Cc2cc(Cl)cc(C(=O)Nc3nc4ccc(C(F)(F)F)cc4s3)c2O)C1. The van der Waals surface area contributed by atoms with Gasteiger partial charge < -0.3 is 9.84 Å². The van der Waals surface area contributed by atoms with E-state index in [4.69, 9.17) is 16.3 Å². The molecule has 2 N–H and O–H groups in total. The van der Waals surface area contributed by atoms with Gasteiger partial charge in [-0.05, 0) is 36.8 Å². The lowest BCUT2D eigenvalue weighted by molar-refractivity contribution is -0.137. The number of aromatic hydroxyl groups is 1. The van der Waals surface area contributed by atoms with Crippen LogP contribution >= 0.6 is 22.9 Å². The summed E-state index contributed by atoms with van der Waals surface area (Å²) in [5, 5.41) is 13.6. The Bertz CT molecular complexity index is 1170. The molecule has 0 spiro atoms. The molecule has 1 amide bonds. The van der Waals surface area contributed by atoms with Crippen molar-refractivity contribution in [2.24, 2.45) is 0 Å². The highest BCUT2D eigenvalue weighted by Gasteiger charge is 2.31. The quantitative estimate of drug-likeness (QED) is 0.523. The topological polar surface area (TPSA) is 74.7 Å². The molecule has 1 saturated heterocycles. The number of hydrogen-bond acceptors (Lipinski definition) is 6. The number of halogens is 4. The first-order valence-electron chi connectivity index (χ1n) is 9.69. The number of benzene rings is 2. The number of alkyl halides is 3. The number of nitrogens with one attached hydrogen (secondary N) is 1. The van der Waals surface area contributed by atoms with Gasteiger partial charge in [-0.15, -0.1) is 0 Å². The van der Waals surface area contributed by atoms with Crippen LogP contribution in [0.5, 0.6) is 5.75 Å². The number of thiazole rings is 1. The molecule has 3 aromatic rings. The lowest BCUT2D eigenvalue weighted by Gasteiger charge is -2.18. The van der Waals surface area contributed by atoms with Gasteiger partial charge in [0.05, 0.1) is 27.4 Å². The second kappa shape index (κ2) is 8.86. The molecule has 11 heteroatoms. The lowest BCUT2D eigenvalue weighted by atomic mass is 10.1. The summed E-state index contributed by atoms with van der Waals surface area (Å²) in [6, 6.07) is 6.12. The number of methoxy groups -OCH3 is 1. The van der Waals surface area contributed by atoms with E-state index in [1.165, 1.54) is 12.1 Å². The van der Waals surface area contributed by atoms with Crippen molar-refractivity contribution in [2.45, 2.75) is 25.2 Å². The van der Waals surface area contributed by atoms with Gasteiger partial charge >= 0.3 is 6.18 Å². The van der Waals surface area contributed by atoms with Crippen LogP contribution in [0.15, 0.2) is 30.3 Å². The van der Waals surface area contributed by atoms with Crippen LogP contribution in [0.2, 0.25) is 5.02 Å². The number of aromatic nitrogens is 1. The van der Waals surface area contributed by atoms with E-state index in [2.05, 4.69) is 15.2 Å².